The van der Waals surface area contributed by atoms with Crippen molar-refractivity contribution in [2.45, 2.75) is 66.0 Å². The van der Waals surface area contributed by atoms with Crippen LogP contribution in [-0.2, 0) is 4.43 Å². The van der Waals surface area contributed by atoms with E-state index in [2.05, 4.69) is 45.9 Å². The van der Waals surface area contributed by atoms with Gasteiger partial charge in [-0.15, -0.1) is 0 Å². The van der Waals surface area contributed by atoms with E-state index in [0.717, 1.165) is 5.92 Å². The third-order valence-electron chi connectivity index (χ3n) is 3.56. The van der Waals surface area contributed by atoms with Crippen LogP contribution in [0.1, 0.15) is 52.9 Å². The van der Waals surface area contributed by atoms with E-state index >= 15 is 0 Å². The summed E-state index contributed by atoms with van der Waals surface area (Å²) in [6.45, 7) is 11.3. The molecule has 0 amide bonds. The van der Waals surface area contributed by atoms with Gasteiger partial charge in [-0.3, -0.25) is 0 Å². The van der Waals surface area contributed by atoms with Crippen LogP contribution in [0, 0.1) is 29.3 Å². The van der Waals surface area contributed by atoms with Gasteiger partial charge < -0.3 is 4.43 Å². The van der Waals surface area contributed by atoms with Crippen LogP contribution >= 0.6 is 0 Å². The standard InChI is InChI=1S/C15H28OSi/c1-15(2,3)14(11-12-16-17(4)5)13-9-7-6-8-10-13/h13-14,17H,6-10H2,1-5H3. The van der Waals surface area contributed by atoms with Gasteiger partial charge in [0.2, 0.25) is 9.04 Å². The van der Waals surface area contributed by atoms with Crippen molar-refractivity contribution < 1.29 is 4.43 Å². The van der Waals surface area contributed by atoms with Gasteiger partial charge in [0.1, 0.15) is 0 Å². The summed E-state index contributed by atoms with van der Waals surface area (Å²) in [5, 5.41) is 0. The molecule has 0 aliphatic heterocycles. The largest absolute Gasteiger partial charge is 0.505 e. The third-order valence-corrected chi connectivity index (χ3v) is 4.15. The highest BCUT2D eigenvalue weighted by molar-refractivity contribution is 6.48. The third kappa shape index (κ3) is 5.17. The number of hydrogen-bond acceptors (Lipinski definition) is 1. The molecule has 1 nitrogen and oxygen atoms in total. The van der Waals surface area contributed by atoms with Crippen molar-refractivity contribution in [1.82, 2.24) is 0 Å². The molecule has 1 aliphatic carbocycles. The minimum Gasteiger partial charge on any atom is -0.505 e. The van der Waals surface area contributed by atoms with E-state index in [1.54, 1.807) is 0 Å². The van der Waals surface area contributed by atoms with Gasteiger partial charge in [0.25, 0.3) is 0 Å². The summed E-state index contributed by atoms with van der Waals surface area (Å²) in [7, 11) is -0.999. The average Bonchev–Trinajstić information content (AvgIpc) is 2.23. The predicted molar refractivity (Wildman–Crippen MR) is 77.3 cm³/mol. The lowest BCUT2D eigenvalue weighted by atomic mass is 9.69. The maximum absolute atomic E-state index is 5.54. The van der Waals surface area contributed by atoms with Gasteiger partial charge in [-0.05, 0) is 37.3 Å². The molecule has 17 heavy (non-hydrogen) atoms. The molecule has 1 aliphatic rings. The van der Waals surface area contributed by atoms with Crippen LogP contribution in [0.25, 0.3) is 0 Å². The Morgan fingerprint density at radius 3 is 2.18 bits per heavy atom. The molecule has 0 saturated heterocycles. The molecule has 0 radical (unpaired) electrons. The molecule has 1 unspecified atom stereocenters. The van der Waals surface area contributed by atoms with Crippen molar-refractivity contribution in [3.05, 3.63) is 0 Å². The van der Waals surface area contributed by atoms with E-state index in [0.29, 0.717) is 5.92 Å². The molecule has 2 heteroatoms. The first-order chi connectivity index (χ1) is 7.91. The zero-order valence-electron chi connectivity index (χ0n) is 12.2. The molecule has 1 saturated carbocycles. The molecule has 0 spiro atoms. The van der Waals surface area contributed by atoms with Gasteiger partial charge in [-0.25, -0.2) is 0 Å². The van der Waals surface area contributed by atoms with Gasteiger partial charge in [0.05, 0.1) is 6.11 Å². The normalized spacial score (nSPS) is 19.6. The zero-order chi connectivity index (χ0) is 12.9. The average molecular weight is 252 g/mol. The number of hydrogen-bond donors (Lipinski definition) is 0. The fraction of sp³-hybridized carbons (Fsp3) is 0.867. The first-order valence-corrected chi connectivity index (χ1v) is 9.85. The van der Waals surface area contributed by atoms with E-state index in [-0.39, 0.29) is 5.41 Å². The Hall–Kier alpha value is -0.423. The molecular formula is C15H28OSi. The highest BCUT2D eigenvalue weighted by atomic mass is 28.3. The minimum absolute atomic E-state index is 0.275. The van der Waals surface area contributed by atoms with Crippen LogP contribution in [0.5, 0.6) is 0 Å². The molecule has 1 rings (SSSR count). The van der Waals surface area contributed by atoms with Crippen LogP contribution in [-0.4, -0.2) is 9.04 Å². The van der Waals surface area contributed by atoms with Crippen LogP contribution in [0.4, 0.5) is 0 Å². The van der Waals surface area contributed by atoms with E-state index in [9.17, 15) is 0 Å². The summed E-state index contributed by atoms with van der Waals surface area (Å²) in [4.78, 5) is 0. The predicted octanol–water partition coefficient (Wildman–Crippen LogP) is 4.19. The summed E-state index contributed by atoms with van der Waals surface area (Å²) in [6, 6.07) is 0. The Morgan fingerprint density at radius 2 is 1.71 bits per heavy atom. The molecule has 98 valence electrons. The molecule has 0 N–H and O–H groups in total. The lowest BCUT2D eigenvalue weighted by Crippen LogP contribution is -2.28. The first kappa shape index (κ1) is 14.6. The minimum atomic E-state index is -0.999. The quantitative estimate of drug-likeness (QED) is 0.529. The van der Waals surface area contributed by atoms with Gasteiger partial charge in [0.15, 0.2) is 0 Å². The highest BCUT2D eigenvalue weighted by Gasteiger charge is 2.31. The topological polar surface area (TPSA) is 9.23 Å². The Labute approximate surface area is 109 Å². The van der Waals surface area contributed by atoms with Gasteiger partial charge in [0, 0.05) is 5.92 Å². The molecule has 0 aromatic heterocycles. The summed E-state index contributed by atoms with van der Waals surface area (Å²) in [6.07, 6.45) is 9.90. The van der Waals surface area contributed by atoms with Crippen LogP contribution in [0.3, 0.4) is 0 Å². The van der Waals surface area contributed by atoms with Crippen molar-refractivity contribution in [2.75, 3.05) is 0 Å². The summed E-state index contributed by atoms with van der Waals surface area (Å²) < 4.78 is 5.54. The van der Waals surface area contributed by atoms with Gasteiger partial charge in [-0.2, -0.15) is 0 Å². The van der Waals surface area contributed by atoms with Gasteiger partial charge >= 0.3 is 0 Å². The molecule has 0 heterocycles. The maximum atomic E-state index is 5.54. The van der Waals surface area contributed by atoms with Crippen molar-refractivity contribution in [1.29, 1.82) is 0 Å². The smallest absolute Gasteiger partial charge is 0.244 e. The number of rotatable bonds is 2. The zero-order valence-corrected chi connectivity index (χ0v) is 13.3. The fourth-order valence-corrected chi connectivity index (χ4v) is 3.03. The molecule has 1 fully saturated rings. The summed E-state index contributed by atoms with van der Waals surface area (Å²) in [5.41, 5.74) is 0.275. The second-order valence-electron chi connectivity index (χ2n) is 6.65. The lowest BCUT2D eigenvalue weighted by molar-refractivity contribution is 0.174. The molecular weight excluding hydrogens is 224 g/mol. The maximum Gasteiger partial charge on any atom is 0.244 e. The second-order valence-corrected chi connectivity index (χ2v) is 8.99. The van der Waals surface area contributed by atoms with Crippen LogP contribution < -0.4 is 0 Å². The summed E-state index contributed by atoms with van der Waals surface area (Å²) in [5.74, 6) is 4.70. The van der Waals surface area contributed by atoms with Crippen molar-refractivity contribution >= 4 is 9.04 Å². The Balaban J connectivity index is 2.68. The summed E-state index contributed by atoms with van der Waals surface area (Å²) >= 11 is 0. The Morgan fingerprint density at radius 1 is 1.12 bits per heavy atom. The first-order valence-electron chi connectivity index (χ1n) is 7.07. The van der Waals surface area contributed by atoms with E-state index in [1.807, 2.05) is 0 Å². The lowest BCUT2D eigenvalue weighted by Gasteiger charge is -2.35. The molecule has 0 bridgehead atoms. The Kier molecular flexibility index (Phi) is 5.59. The van der Waals surface area contributed by atoms with Crippen molar-refractivity contribution in [2.24, 2.45) is 17.3 Å². The van der Waals surface area contributed by atoms with E-state index in [4.69, 9.17) is 4.43 Å². The van der Waals surface area contributed by atoms with E-state index < -0.39 is 9.04 Å². The SMILES string of the molecule is C[SiH](C)OC#CC(C1CCCCC1)C(C)(C)C. The molecule has 1 atom stereocenters. The van der Waals surface area contributed by atoms with E-state index in [1.165, 1.54) is 32.1 Å². The van der Waals surface area contributed by atoms with Crippen molar-refractivity contribution in [3.63, 3.8) is 0 Å². The van der Waals surface area contributed by atoms with Crippen molar-refractivity contribution in [3.8, 4) is 12.0 Å². The highest BCUT2D eigenvalue weighted by Crippen LogP contribution is 2.39. The molecule has 0 aromatic carbocycles. The Bertz CT molecular complexity index is 274. The second kappa shape index (κ2) is 6.49. The monoisotopic (exact) mass is 252 g/mol. The van der Waals surface area contributed by atoms with Crippen LogP contribution in [0.15, 0.2) is 0 Å². The fourth-order valence-electron chi connectivity index (χ4n) is 2.72. The van der Waals surface area contributed by atoms with Gasteiger partial charge in [-0.1, -0.05) is 46.0 Å². The molecule has 0 aromatic rings. The van der Waals surface area contributed by atoms with Crippen LogP contribution in [0.2, 0.25) is 13.1 Å².